The van der Waals surface area contributed by atoms with Gasteiger partial charge in [-0.05, 0) is 18.4 Å². The molecular formula is C10H19N. The summed E-state index contributed by atoms with van der Waals surface area (Å²) in [6.07, 6.45) is 4.30. The van der Waals surface area contributed by atoms with Crippen LogP contribution in [0.3, 0.4) is 0 Å². The van der Waals surface area contributed by atoms with Crippen LogP contribution in [0.15, 0.2) is 23.9 Å². The molecule has 2 N–H and O–H groups in total. The molecule has 64 valence electrons. The maximum Gasteiger partial charge on any atom is 0.0240 e. The molecule has 0 aliphatic heterocycles. The van der Waals surface area contributed by atoms with Gasteiger partial charge in [-0.15, -0.1) is 0 Å². The standard InChI is InChI=1S/C10H19N/c1-5-6-10(8(2)3)7-9(4)11/h7-8H,4-6,11H2,1-3H3/b10-7+. The van der Waals surface area contributed by atoms with Gasteiger partial charge in [0, 0.05) is 5.70 Å². The maximum atomic E-state index is 5.49. The summed E-state index contributed by atoms with van der Waals surface area (Å²) in [5.41, 5.74) is 7.56. The zero-order valence-corrected chi connectivity index (χ0v) is 7.85. The molecule has 0 radical (unpaired) electrons. The molecule has 0 aromatic carbocycles. The largest absolute Gasteiger partial charge is 0.399 e. The fraction of sp³-hybridized carbons (Fsp3) is 0.600. The summed E-state index contributed by atoms with van der Waals surface area (Å²) in [5, 5.41) is 0. The van der Waals surface area contributed by atoms with E-state index in [0.717, 1.165) is 6.42 Å². The average Bonchev–Trinajstić information content (AvgIpc) is 1.86. The van der Waals surface area contributed by atoms with Gasteiger partial charge >= 0.3 is 0 Å². The molecule has 0 unspecified atom stereocenters. The Morgan fingerprint density at radius 2 is 2.09 bits per heavy atom. The van der Waals surface area contributed by atoms with E-state index in [1.165, 1.54) is 12.0 Å². The van der Waals surface area contributed by atoms with Crippen LogP contribution in [-0.2, 0) is 0 Å². The zero-order valence-electron chi connectivity index (χ0n) is 7.85. The van der Waals surface area contributed by atoms with E-state index in [1.54, 1.807) is 0 Å². The number of hydrogen-bond donors (Lipinski definition) is 1. The number of nitrogens with two attached hydrogens (primary N) is 1. The van der Waals surface area contributed by atoms with Crippen LogP contribution in [0.4, 0.5) is 0 Å². The summed E-state index contributed by atoms with van der Waals surface area (Å²) in [6, 6.07) is 0. The second-order valence-electron chi connectivity index (χ2n) is 3.20. The summed E-state index contributed by atoms with van der Waals surface area (Å²) in [6.45, 7) is 10.2. The number of allylic oxidation sites excluding steroid dienone is 2. The molecule has 1 heteroatoms. The van der Waals surface area contributed by atoms with E-state index < -0.39 is 0 Å². The normalized spacial score (nSPS) is 12.2. The number of hydrogen-bond acceptors (Lipinski definition) is 1. The lowest BCUT2D eigenvalue weighted by Crippen LogP contribution is -1.98. The lowest BCUT2D eigenvalue weighted by Gasteiger charge is -2.09. The molecular weight excluding hydrogens is 134 g/mol. The minimum absolute atomic E-state index is 0.593. The van der Waals surface area contributed by atoms with Crippen molar-refractivity contribution in [2.45, 2.75) is 33.6 Å². The molecule has 0 aliphatic rings. The smallest absolute Gasteiger partial charge is 0.0240 e. The van der Waals surface area contributed by atoms with Crippen LogP contribution in [0.2, 0.25) is 0 Å². The first kappa shape index (κ1) is 10.3. The third-order valence-corrected chi connectivity index (χ3v) is 1.65. The molecule has 0 rings (SSSR count). The second-order valence-corrected chi connectivity index (χ2v) is 3.20. The van der Waals surface area contributed by atoms with Crippen molar-refractivity contribution in [3.05, 3.63) is 23.9 Å². The van der Waals surface area contributed by atoms with E-state index in [1.807, 2.05) is 6.08 Å². The van der Waals surface area contributed by atoms with Gasteiger partial charge in [-0.25, -0.2) is 0 Å². The monoisotopic (exact) mass is 153 g/mol. The van der Waals surface area contributed by atoms with Crippen molar-refractivity contribution in [2.75, 3.05) is 0 Å². The molecule has 0 amide bonds. The second kappa shape index (κ2) is 5.00. The van der Waals surface area contributed by atoms with Crippen LogP contribution in [0, 0.1) is 5.92 Å². The van der Waals surface area contributed by atoms with Crippen molar-refractivity contribution in [2.24, 2.45) is 11.7 Å². The van der Waals surface area contributed by atoms with Gasteiger partial charge in [0.15, 0.2) is 0 Å². The summed E-state index contributed by atoms with van der Waals surface area (Å²) in [4.78, 5) is 0. The summed E-state index contributed by atoms with van der Waals surface area (Å²) < 4.78 is 0. The maximum absolute atomic E-state index is 5.49. The molecule has 0 saturated carbocycles. The lowest BCUT2D eigenvalue weighted by molar-refractivity contribution is 0.700. The Kier molecular flexibility index (Phi) is 4.67. The van der Waals surface area contributed by atoms with E-state index in [9.17, 15) is 0 Å². The first-order valence-corrected chi connectivity index (χ1v) is 4.22. The van der Waals surface area contributed by atoms with E-state index in [0.29, 0.717) is 11.6 Å². The molecule has 0 aromatic heterocycles. The third kappa shape index (κ3) is 4.65. The summed E-state index contributed by atoms with van der Waals surface area (Å²) >= 11 is 0. The van der Waals surface area contributed by atoms with Crippen LogP contribution in [0.1, 0.15) is 33.6 Å². The van der Waals surface area contributed by atoms with Crippen LogP contribution in [0.25, 0.3) is 0 Å². The highest BCUT2D eigenvalue weighted by Crippen LogP contribution is 2.16. The Morgan fingerprint density at radius 3 is 2.36 bits per heavy atom. The highest BCUT2D eigenvalue weighted by atomic mass is 14.5. The van der Waals surface area contributed by atoms with E-state index in [-0.39, 0.29) is 0 Å². The minimum atomic E-state index is 0.593. The fourth-order valence-corrected chi connectivity index (χ4v) is 1.05. The van der Waals surface area contributed by atoms with Crippen LogP contribution >= 0.6 is 0 Å². The molecule has 0 atom stereocenters. The van der Waals surface area contributed by atoms with Gasteiger partial charge in [-0.2, -0.15) is 0 Å². The van der Waals surface area contributed by atoms with Crippen molar-refractivity contribution in [1.82, 2.24) is 0 Å². The van der Waals surface area contributed by atoms with E-state index in [4.69, 9.17) is 5.73 Å². The van der Waals surface area contributed by atoms with Gasteiger partial charge in [0.2, 0.25) is 0 Å². The highest BCUT2D eigenvalue weighted by Gasteiger charge is 2.00. The molecule has 0 aromatic rings. The van der Waals surface area contributed by atoms with E-state index >= 15 is 0 Å². The van der Waals surface area contributed by atoms with Gasteiger partial charge < -0.3 is 5.73 Å². The third-order valence-electron chi connectivity index (χ3n) is 1.65. The quantitative estimate of drug-likeness (QED) is 0.617. The Labute approximate surface area is 70.0 Å². The Hall–Kier alpha value is -0.720. The summed E-state index contributed by atoms with van der Waals surface area (Å²) in [7, 11) is 0. The lowest BCUT2D eigenvalue weighted by atomic mass is 9.98. The van der Waals surface area contributed by atoms with Crippen molar-refractivity contribution in [3.8, 4) is 0 Å². The predicted octanol–water partition coefficient (Wildman–Crippen LogP) is 2.84. The van der Waals surface area contributed by atoms with Crippen molar-refractivity contribution >= 4 is 0 Å². The van der Waals surface area contributed by atoms with Gasteiger partial charge in [0.1, 0.15) is 0 Å². The Morgan fingerprint density at radius 1 is 1.55 bits per heavy atom. The first-order valence-electron chi connectivity index (χ1n) is 4.22. The summed E-state index contributed by atoms with van der Waals surface area (Å²) in [5.74, 6) is 0.593. The SMILES string of the molecule is C=C(N)/C=C(\CCC)C(C)C. The number of rotatable bonds is 4. The molecule has 0 heterocycles. The Bertz CT molecular complexity index is 154. The molecule has 0 aliphatic carbocycles. The van der Waals surface area contributed by atoms with Crippen molar-refractivity contribution < 1.29 is 0 Å². The average molecular weight is 153 g/mol. The van der Waals surface area contributed by atoms with E-state index in [2.05, 4.69) is 27.4 Å². The van der Waals surface area contributed by atoms with Crippen LogP contribution in [-0.4, -0.2) is 0 Å². The molecule has 0 fully saturated rings. The Balaban J connectivity index is 4.20. The van der Waals surface area contributed by atoms with Crippen molar-refractivity contribution in [1.29, 1.82) is 0 Å². The predicted molar refractivity (Wildman–Crippen MR) is 51.2 cm³/mol. The molecule has 0 spiro atoms. The van der Waals surface area contributed by atoms with Gasteiger partial charge in [-0.3, -0.25) is 0 Å². The molecule has 0 bridgehead atoms. The fourth-order valence-electron chi connectivity index (χ4n) is 1.05. The highest BCUT2D eigenvalue weighted by molar-refractivity contribution is 5.19. The van der Waals surface area contributed by atoms with Gasteiger partial charge in [0.25, 0.3) is 0 Å². The minimum Gasteiger partial charge on any atom is -0.399 e. The molecule has 1 nitrogen and oxygen atoms in total. The van der Waals surface area contributed by atoms with Gasteiger partial charge in [0.05, 0.1) is 0 Å². The first-order chi connectivity index (χ1) is 5.07. The zero-order chi connectivity index (χ0) is 8.85. The molecule has 11 heavy (non-hydrogen) atoms. The van der Waals surface area contributed by atoms with Crippen molar-refractivity contribution in [3.63, 3.8) is 0 Å². The van der Waals surface area contributed by atoms with Crippen LogP contribution in [0.5, 0.6) is 0 Å². The van der Waals surface area contributed by atoms with Gasteiger partial charge in [-0.1, -0.05) is 39.3 Å². The topological polar surface area (TPSA) is 26.0 Å². The van der Waals surface area contributed by atoms with Crippen LogP contribution < -0.4 is 5.73 Å². The molecule has 0 saturated heterocycles.